The SMILES string of the molecule is CN=CC(C=N)c1cc2c(C)[nH]nc2cn1. The summed E-state index contributed by atoms with van der Waals surface area (Å²) in [5, 5.41) is 15.4. The second-order valence-electron chi connectivity index (χ2n) is 3.57. The zero-order chi connectivity index (χ0) is 11.5. The molecule has 0 amide bonds. The molecule has 0 aromatic carbocycles. The van der Waals surface area contributed by atoms with Gasteiger partial charge in [-0.3, -0.25) is 15.1 Å². The predicted molar refractivity (Wildman–Crippen MR) is 64.6 cm³/mol. The Bertz CT molecular complexity index is 540. The highest BCUT2D eigenvalue weighted by Crippen LogP contribution is 2.18. The lowest BCUT2D eigenvalue weighted by atomic mass is 10.1. The lowest BCUT2D eigenvalue weighted by Gasteiger charge is -2.04. The van der Waals surface area contributed by atoms with Gasteiger partial charge in [-0.05, 0) is 13.0 Å². The van der Waals surface area contributed by atoms with Gasteiger partial charge in [-0.1, -0.05) is 0 Å². The Labute approximate surface area is 93.1 Å². The number of rotatable bonds is 3. The lowest BCUT2D eigenvalue weighted by Crippen LogP contribution is -2.03. The van der Waals surface area contributed by atoms with Crippen LogP contribution in [0.1, 0.15) is 17.3 Å². The summed E-state index contributed by atoms with van der Waals surface area (Å²) in [5.41, 5.74) is 2.67. The van der Waals surface area contributed by atoms with Crippen molar-refractivity contribution in [3.8, 4) is 0 Å². The molecule has 5 nitrogen and oxygen atoms in total. The first-order valence-electron chi connectivity index (χ1n) is 4.99. The first-order valence-corrected chi connectivity index (χ1v) is 4.99. The summed E-state index contributed by atoms with van der Waals surface area (Å²) < 4.78 is 0. The van der Waals surface area contributed by atoms with Crippen LogP contribution in [-0.4, -0.2) is 34.7 Å². The number of aromatic nitrogens is 3. The van der Waals surface area contributed by atoms with E-state index in [4.69, 9.17) is 5.41 Å². The first-order chi connectivity index (χ1) is 7.76. The minimum absolute atomic E-state index is 0.163. The van der Waals surface area contributed by atoms with Gasteiger partial charge in [-0.15, -0.1) is 0 Å². The first kappa shape index (κ1) is 10.5. The normalized spacial score (nSPS) is 13.4. The van der Waals surface area contributed by atoms with E-state index in [1.165, 1.54) is 6.21 Å². The summed E-state index contributed by atoms with van der Waals surface area (Å²) >= 11 is 0. The molecule has 0 bridgehead atoms. The van der Waals surface area contributed by atoms with Crippen molar-refractivity contribution in [2.75, 3.05) is 7.05 Å². The van der Waals surface area contributed by atoms with Crippen molar-refractivity contribution in [2.45, 2.75) is 12.8 Å². The zero-order valence-electron chi connectivity index (χ0n) is 9.23. The van der Waals surface area contributed by atoms with Crippen LogP contribution in [0.4, 0.5) is 0 Å². The van der Waals surface area contributed by atoms with E-state index in [9.17, 15) is 0 Å². The minimum Gasteiger partial charge on any atom is -0.312 e. The van der Waals surface area contributed by atoms with Crippen LogP contribution in [-0.2, 0) is 0 Å². The molecule has 0 radical (unpaired) electrons. The van der Waals surface area contributed by atoms with Crippen LogP contribution in [0.2, 0.25) is 0 Å². The fourth-order valence-corrected chi connectivity index (χ4v) is 1.61. The van der Waals surface area contributed by atoms with Crippen molar-refractivity contribution in [1.29, 1.82) is 5.41 Å². The van der Waals surface area contributed by atoms with Crippen molar-refractivity contribution >= 4 is 23.3 Å². The molecule has 2 rings (SSSR count). The number of aliphatic imine (C=N–C) groups is 1. The fourth-order valence-electron chi connectivity index (χ4n) is 1.61. The summed E-state index contributed by atoms with van der Waals surface area (Å²) in [7, 11) is 1.69. The van der Waals surface area contributed by atoms with E-state index in [2.05, 4.69) is 20.2 Å². The van der Waals surface area contributed by atoms with Crippen molar-refractivity contribution < 1.29 is 0 Å². The Morgan fingerprint density at radius 2 is 2.38 bits per heavy atom. The summed E-state index contributed by atoms with van der Waals surface area (Å²) in [6.07, 6.45) is 4.75. The Balaban J connectivity index is 2.52. The van der Waals surface area contributed by atoms with E-state index < -0.39 is 0 Å². The average Bonchev–Trinajstić information content (AvgIpc) is 2.68. The molecule has 0 saturated carbocycles. The standard InChI is InChI=1S/C11H13N5/c1-7-9-3-10(8(4-12)5-13-2)14-6-11(9)16-15-7/h3-6,8,12H,1-2H3,(H,15,16). The Kier molecular flexibility index (Phi) is 2.76. The van der Waals surface area contributed by atoms with Gasteiger partial charge in [0.2, 0.25) is 0 Å². The number of hydrogen-bond acceptors (Lipinski definition) is 4. The van der Waals surface area contributed by atoms with E-state index in [0.717, 1.165) is 22.3 Å². The van der Waals surface area contributed by atoms with Gasteiger partial charge in [-0.2, -0.15) is 5.10 Å². The molecule has 2 N–H and O–H groups in total. The highest BCUT2D eigenvalue weighted by molar-refractivity contribution is 5.90. The summed E-state index contributed by atoms with van der Waals surface area (Å²) in [5.74, 6) is -0.163. The molecular weight excluding hydrogens is 202 g/mol. The van der Waals surface area contributed by atoms with Gasteiger partial charge >= 0.3 is 0 Å². The smallest absolute Gasteiger partial charge is 0.111 e. The minimum atomic E-state index is -0.163. The Morgan fingerprint density at radius 1 is 1.56 bits per heavy atom. The Hall–Kier alpha value is -2.04. The van der Waals surface area contributed by atoms with Gasteiger partial charge in [0.05, 0.1) is 17.8 Å². The van der Waals surface area contributed by atoms with Gasteiger partial charge in [-0.25, -0.2) is 0 Å². The molecule has 0 aliphatic rings. The number of fused-ring (bicyclic) bond motifs is 1. The van der Waals surface area contributed by atoms with Crippen molar-refractivity contribution in [3.63, 3.8) is 0 Å². The van der Waals surface area contributed by atoms with Gasteiger partial charge in [0.1, 0.15) is 5.52 Å². The number of pyridine rings is 1. The average molecular weight is 215 g/mol. The largest absolute Gasteiger partial charge is 0.312 e. The maximum atomic E-state index is 7.35. The van der Waals surface area contributed by atoms with Crippen LogP contribution in [0.5, 0.6) is 0 Å². The Morgan fingerprint density at radius 3 is 3.06 bits per heavy atom. The molecule has 0 aliphatic heterocycles. The second kappa shape index (κ2) is 4.22. The molecule has 5 heteroatoms. The van der Waals surface area contributed by atoms with Crippen LogP contribution >= 0.6 is 0 Å². The topological polar surface area (TPSA) is 77.8 Å². The summed E-state index contributed by atoms with van der Waals surface area (Å²) in [6, 6.07) is 1.95. The van der Waals surface area contributed by atoms with Crippen LogP contribution in [0.15, 0.2) is 17.3 Å². The number of nitrogens with one attached hydrogen (secondary N) is 2. The molecule has 0 spiro atoms. The molecule has 0 saturated heterocycles. The molecule has 1 unspecified atom stereocenters. The highest BCUT2D eigenvalue weighted by Gasteiger charge is 2.10. The quantitative estimate of drug-likeness (QED) is 0.764. The molecule has 2 aromatic heterocycles. The molecule has 82 valence electrons. The van der Waals surface area contributed by atoms with Crippen LogP contribution in [0, 0.1) is 12.3 Å². The number of H-pyrrole nitrogens is 1. The molecule has 2 aromatic rings. The second-order valence-corrected chi connectivity index (χ2v) is 3.57. The highest BCUT2D eigenvalue weighted by atomic mass is 15.1. The third kappa shape index (κ3) is 1.71. The van der Waals surface area contributed by atoms with E-state index in [-0.39, 0.29) is 5.92 Å². The lowest BCUT2D eigenvalue weighted by molar-refractivity contribution is 1.06. The van der Waals surface area contributed by atoms with Crippen LogP contribution in [0.3, 0.4) is 0 Å². The van der Waals surface area contributed by atoms with E-state index >= 15 is 0 Å². The molecule has 0 aliphatic carbocycles. The fraction of sp³-hybridized carbons (Fsp3) is 0.273. The maximum absolute atomic E-state index is 7.35. The summed E-state index contributed by atoms with van der Waals surface area (Å²) in [4.78, 5) is 8.22. The van der Waals surface area contributed by atoms with Crippen LogP contribution in [0.25, 0.3) is 10.9 Å². The monoisotopic (exact) mass is 215 g/mol. The molecule has 2 heterocycles. The third-order valence-corrected chi connectivity index (χ3v) is 2.48. The van der Waals surface area contributed by atoms with Crippen molar-refractivity contribution in [2.24, 2.45) is 4.99 Å². The van der Waals surface area contributed by atoms with Gasteiger partial charge in [0, 0.05) is 30.6 Å². The molecular formula is C11H13N5. The number of aromatic amines is 1. The van der Waals surface area contributed by atoms with Crippen LogP contribution < -0.4 is 0 Å². The molecule has 16 heavy (non-hydrogen) atoms. The van der Waals surface area contributed by atoms with Crippen molar-refractivity contribution in [3.05, 3.63) is 23.7 Å². The van der Waals surface area contributed by atoms with E-state index in [0.29, 0.717) is 0 Å². The van der Waals surface area contributed by atoms with Gasteiger partial charge in [0.25, 0.3) is 0 Å². The number of nitrogens with zero attached hydrogens (tertiary/aromatic N) is 3. The molecule has 0 fully saturated rings. The third-order valence-electron chi connectivity index (χ3n) is 2.48. The van der Waals surface area contributed by atoms with Gasteiger partial charge < -0.3 is 5.41 Å². The predicted octanol–water partition coefficient (Wildman–Crippen LogP) is 1.70. The number of aryl methyl sites for hydroxylation is 1. The van der Waals surface area contributed by atoms with Crippen molar-refractivity contribution in [1.82, 2.24) is 15.2 Å². The maximum Gasteiger partial charge on any atom is 0.111 e. The molecule has 1 atom stereocenters. The number of hydrogen-bond donors (Lipinski definition) is 2. The van der Waals surface area contributed by atoms with E-state index in [1.54, 1.807) is 19.5 Å². The van der Waals surface area contributed by atoms with Gasteiger partial charge in [0.15, 0.2) is 0 Å². The zero-order valence-corrected chi connectivity index (χ0v) is 9.23. The van der Waals surface area contributed by atoms with E-state index in [1.807, 2.05) is 13.0 Å². The summed E-state index contributed by atoms with van der Waals surface area (Å²) in [6.45, 7) is 1.96.